The van der Waals surface area contributed by atoms with Crippen molar-refractivity contribution >= 4 is 17.6 Å². The van der Waals surface area contributed by atoms with Crippen molar-refractivity contribution in [3.05, 3.63) is 30.1 Å². The SMILES string of the molecule is CC1CN(C(=O)Nc2cccc(F)c2)CCC12CCC(C(=O)N1CCCC1)O2. The second kappa shape index (κ2) is 7.70. The van der Waals surface area contributed by atoms with Gasteiger partial charge in [0.25, 0.3) is 5.91 Å². The Hall–Kier alpha value is -2.15. The van der Waals surface area contributed by atoms with Crippen molar-refractivity contribution in [2.75, 3.05) is 31.5 Å². The maximum atomic E-state index is 13.3. The molecule has 3 unspecified atom stereocenters. The monoisotopic (exact) mass is 389 g/mol. The summed E-state index contributed by atoms with van der Waals surface area (Å²) in [6.07, 6.45) is 4.15. The number of benzene rings is 1. The molecule has 3 atom stereocenters. The molecule has 3 aliphatic heterocycles. The van der Waals surface area contributed by atoms with E-state index in [9.17, 15) is 14.0 Å². The van der Waals surface area contributed by atoms with Crippen LogP contribution in [0.4, 0.5) is 14.9 Å². The first-order valence-electron chi connectivity index (χ1n) is 10.2. The molecule has 0 aliphatic carbocycles. The van der Waals surface area contributed by atoms with Gasteiger partial charge < -0.3 is 19.9 Å². The molecule has 0 saturated carbocycles. The molecule has 4 rings (SSSR count). The van der Waals surface area contributed by atoms with Gasteiger partial charge in [-0.3, -0.25) is 4.79 Å². The maximum absolute atomic E-state index is 13.3. The van der Waals surface area contributed by atoms with Crippen LogP contribution in [0.15, 0.2) is 24.3 Å². The lowest BCUT2D eigenvalue weighted by Crippen LogP contribution is -2.54. The predicted molar refractivity (Wildman–Crippen MR) is 103 cm³/mol. The van der Waals surface area contributed by atoms with Crippen LogP contribution in [-0.4, -0.2) is 59.6 Å². The zero-order chi connectivity index (χ0) is 19.7. The Kier molecular flexibility index (Phi) is 5.27. The standard InChI is InChI=1S/C21H28FN3O3/c1-15-14-25(20(27)23-17-6-4-5-16(22)13-17)12-9-21(15)8-7-18(28-21)19(26)24-10-2-3-11-24/h4-6,13,15,18H,2-3,7-12,14H2,1H3,(H,23,27). The third kappa shape index (κ3) is 3.72. The Bertz CT molecular complexity index is 752. The summed E-state index contributed by atoms with van der Waals surface area (Å²) in [5, 5.41) is 2.76. The third-order valence-electron chi connectivity index (χ3n) is 6.46. The highest BCUT2D eigenvalue weighted by Crippen LogP contribution is 2.43. The number of urea groups is 1. The first-order chi connectivity index (χ1) is 13.5. The largest absolute Gasteiger partial charge is 0.362 e. The molecule has 3 aliphatic rings. The molecule has 152 valence electrons. The summed E-state index contributed by atoms with van der Waals surface area (Å²) in [5.74, 6) is -0.111. The number of carbonyl (C=O) groups excluding carboxylic acids is 2. The van der Waals surface area contributed by atoms with Crippen LogP contribution in [-0.2, 0) is 9.53 Å². The van der Waals surface area contributed by atoms with Crippen molar-refractivity contribution < 1.29 is 18.7 Å². The molecule has 3 saturated heterocycles. The molecular formula is C21H28FN3O3. The number of anilines is 1. The number of rotatable bonds is 2. The van der Waals surface area contributed by atoms with E-state index in [1.807, 2.05) is 4.90 Å². The average molecular weight is 389 g/mol. The van der Waals surface area contributed by atoms with Crippen molar-refractivity contribution in [2.45, 2.75) is 50.7 Å². The van der Waals surface area contributed by atoms with Gasteiger partial charge in [-0.1, -0.05) is 13.0 Å². The molecule has 6 nitrogen and oxygen atoms in total. The van der Waals surface area contributed by atoms with Gasteiger partial charge >= 0.3 is 6.03 Å². The molecule has 7 heteroatoms. The van der Waals surface area contributed by atoms with Gasteiger partial charge in [-0.15, -0.1) is 0 Å². The van der Waals surface area contributed by atoms with Crippen LogP contribution in [0.5, 0.6) is 0 Å². The quantitative estimate of drug-likeness (QED) is 0.845. The van der Waals surface area contributed by atoms with E-state index in [0.717, 1.165) is 38.8 Å². The summed E-state index contributed by atoms with van der Waals surface area (Å²) in [6.45, 7) is 4.90. The average Bonchev–Trinajstić information content (AvgIpc) is 3.34. The minimum absolute atomic E-state index is 0.132. The van der Waals surface area contributed by atoms with Crippen LogP contribution < -0.4 is 5.32 Å². The Morgan fingerprint density at radius 3 is 2.68 bits per heavy atom. The van der Waals surface area contributed by atoms with Crippen molar-refractivity contribution in [1.29, 1.82) is 0 Å². The Morgan fingerprint density at radius 2 is 1.96 bits per heavy atom. The lowest BCUT2D eigenvalue weighted by atomic mass is 9.80. The molecule has 0 radical (unpaired) electrons. The van der Waals surface area contributed by atoms with Crippen molar-refractivity contribution in [3.8, 4) is 0 Å². The zero-order valence-corrected chi connectivity index (χ0v) is 16.3. The van der Waals surface area contributed by atoms with Crippen LogP contribution in [0.3, 0.4) is 0 Å². The third-order valence-corrected chi connectivity index (χ3v) is 6.46. The highest BCUT2D eigenvalue weighted by atomic mass is 19.1. The van der Waals surface area contributed by atoms with Crippen molar-refractivity contribution in [2.24, 2.45) is 5.92 Å². The van der Waals surface area contributed by atoms with Crippen LogP contribution in [0.2, 0.25) is 0 Å². The van der Waals surface area contributed by atoms with Crippen LogP contribution in [0.1, 0.15) is 39.0 Å². The number of nitrogens with one attached hydrogen (secondary N) is 1. The summed E-state index contributed by atoms with van der Waals surface area (Å²) in [5.41, 5.74) is 0.127. The molecule has 0 aromatic heterocycles. The fraction of sp³-hybridized carbons (Fsp3) is 0.619. The Balaban J connectivity index is 1.34. The summed E-state index contributed by atoms with van der Waals surface area (Å²) in [6, 6.07) is 5.67. The number of nitrogens with zero attached hydrogens (tertiary/aromatic N) is 2. The minimum atomic E-state index is -0.378. The van der Waals surface area contributed by atoms with Crippen LogP contribution >= 0.6 is 0 Å². The van der Waals surface area contributed by atoms with E-state index in [-0.39, 0.29) is 35.4 Å². The fourth-order valence-corrected chi connectivity index (χ4v) is 4.75. The van der Waals surface area contributed by atoms with Gasteiger partial charge in [-0.2, -0.15) is 0 Å². The smallest absolute Gasteiger partial charge is 0.321 e. The summed E-state index contributed by atoms with van der Waals surface area (Å²) in [4.78, 5) is 28.9. The van der Waals surface area contributed by atoms with Gasteiger partial charge in [0.1, 0.15) is 11.9 Å². The first kappa shape index (κ1) is 19.2. The van der Waals surface area contributed by atoms with E-state index >= 15 is 0 Å². The molecule has 1 aromatic carbocycles. The zero-order valence-electron chi connectivity index (χ0n) is 16.3. The number of likely N-dealkylation sites (tertiary alicyclic amines) is 2. The molecule has 3 fully saturated rings. The maximum Gasteiger partial charge on any atom is 0.321 e. The number of halogens is 1. The molecule has 1 N–H and O–H groups in total. The van der Waals surface area contributed by atoms with E-state index < -0.39 is 0 Å². The van der Waals surface area contributed by atoms with Crippen LogP contribution in [0, 0.1) is 11.7 Å². The van der Waals surface area contributed by atoms with E-state index in [0.29, 0.717) is 25.2 Å². The Morgan fingerprint density at radius 1 is 1.18 bits per heavy atom. The number of piperidine rings is 1. The highest BCUT2D eigenvalue weighted by molar-refractivity contribution is 5.89. The topological polar surface area (TPSA) is 61.9 Å². The normalized spacial score (nSPS) is 30.1. The second-order valence-corrected chi connectivity index (χ2v) is 8.28. The van der Waals surface area contributed by atoms with Gasteiger partial charge in [-0.25, -0.2) is 9.18 Å². The van der Waals surface area contributed by atoms with Gasteiger partial charge in [0.15, 0.2) is 0 Å². The summed E-state index contributed by atoms with van der Waals surface area (Å²) in [7, 11) is 0. The van der Waals surface area contributed by atoms with Gasteiger partial charge in [0, 0.05) is 37.8 Å². The molecule has 3 heterocycles. The molecule has 0 bridgehead atoms. The summed E-state index contributed by atoms with van der Waals surface area (Å²) >= 11 is 0. The molecule has 1 aromatic rings. The van der Waals surface area contributed by atoms with Gasteiger partial charge in [0.05, 0.1) is 5.60 Å². The predicted octanol–water partition coefficient (Wildman–Crippen LogP) is 3.24. The number of ether oxygens (including phenoxy) is 1. The lowest BCUT2D eigenvalue weighted by Gasteiger charge is -2.44. The number of hydrogen-bond acceptors (Lipinski definition) is 3. The fourth-order valence-electron chi connectivity index (χ4n) is 4.75. The number of hydrogen-bond donors (Lipinski definition) is 1. The number of carbonyl (C=O) groups is 2. The van der Waals surface area contributed by atoms with Crippen LogP contribution in [0.25, 0.3) is 0 Å². The highest BCUT2D eigenvalue weighted by Gasteiger charge is 2.50. The summed E-state index contributed by atoms with van der Waals surface area (Å²) < 4.78 is 19.7. The molecule has 28 heavy (non-hydrogen) atoms. The van der Waals surface area contributed by atoms with Crippen molar-refractivity contribution in [1.82, 2.24) is 9.80 Å². The number of amides is 3. The van der Waals surface area contributed by atoms with E-state index in [4.69, 9.17) is 4.74 Å². The molecule has 1 spiro atoms. The van der Waals surface area contributed by atoms with E-state index in [1.54, 1.807) is 17.0 Å². The Labute approximate surface area is 165 Å². The second-order valence-electron chi connectivity index (χ2n) is 8.28. The lowest BCUT2D eigenvalue weighted by molar-refractivity contribution is -0.154. The molecular weight excluding hydrogens is 361 g/mol. The van der Waals surface area contributed by atoms with Crippen molar-refractivity contribution in [3.63, 3.8) is 0 Å². The van der Waals surface area contributed by atoms with Gasteiger partial charge in [0.2, 0.25) is 0 Å². The molecule has 3 amide bonds. The van der Waals surface area contributed by atoms with Gasteiger partial charge in [-0.05, 0) is 50.3 Å². The first-order valence-corrected chi connectivity index (χ1v) is 10.2. The van der Waals surface area contributed by atoms with E-state index in [1.165, 1.54) is 12.1 Å². The van der Waals surface area contributed by atoms with E-state index in [2.05, 4.69) is 12.2 Å². The minimum Gasteiger partial charge on any atom is -0.362 e.